The normalized spacial score (nSPS) is 10.6. The average Bonchev–Trinajstić information content (AvgIpc) is 2.54. The molecule has 0 radical (unpaired) electrons. The van der Waals surface area contributed by atoms with Gasteiger partial charge in [0.1, 0.15) is 6.54 Å². The van der Waals surface area contributed by atoms with Crippen molar-refractivity contribution in [2.75, 3.05) is 0 Å². The molecule has 0 saturated carbocycles. The number of halogens is 1. The third-order valence-corrected chi connectivity index (χ3v) is 3.24. The molecule has 24 heavy (non-hydrogen) atoms. The number of aromatic nitrogens is 1. The minimum Gasteiger partial charge on any atom is -1.00 e. The molecule has 0 aliphatic rings. The maximum Gasteiger partial charge on any atom is 0.316 e. The molecule has 0 aliphatic heterocycles. The molecule has 0 bridgehead atoms. The predicted octanol–water partition coefficient (Wildman–Crippen LogP) is -0.927. The second-order valence-corrected chi connectivity index (χ2v) is 4.81. The molecule has 0 aliphatic carbocycles. The summed E-state index contributed by atoms with van der Waals surface area (Å²) in [5, 5.41) is 13.3. The fraction of sp³-hybridized carbons (Fsp3) is 0.125. The van der Waals surface area contributed by atoms with Crippen molar-refractivity contribution in [3.05, 3.63) is 70.0 Å². The Kier molecular flexibility index (Phi) is 7.06. The highest BCUT2D eigenvalue weighted by atomic mass is 79.9. The zero-order chi connectivity index (χ0) is 16.8. The standard InChI is InChI=1S/C16H16N4O3.BrH/c1-2-19-9-7-13(8-10-19)15(18-16(17)21)11-12-3-5-14(6-4-12)20(22)23;/h3-11H,2H2,1H3,(H2-,17,18,21);1H/b15-11-;. The number of carbonyl (C=O) groups excluding carboxylic acids is 1. The first kappa shape index (κ1) is 19.3. The Morgan fingerprint density at radius 3 is 2.29 bits per heavy atom. The zero-order valence-electron chi connectivity index (χ0n) is 13.0. The van der Waals surface area contributed by atoms with Crippen LogP contribution in [0.1, 0.15) is 18.1 Å². The predicted molar refractivity (Wildman–Crippen MR) is 86.0 cm³/mol. The first-order chi connectivity index (χ1) is 11.0. The lowest BCUT2D eigenvalue weighted by Crippen LogP contribution is -3.00. The Balaban J connectivity index is 0.00000288. The van der Waals surface area contributed by atoms with E-state index >= 15 is 0 Å². The van der Waals surface area contributed by atoms with Crippen molar-refractivity contribution in [2.45, 2.75) is 13.5 Å². The molecule has 2 rings (SSSR count). The third kappa shape index (κ3) is 5.17. The Morgan fingerprint density at radius 2 is 1.83 bits per heavy atom. The molecule has 2 aromatic rings. The largest absolute Gasteiger partial charge is 1.00 e. The molecular weight excluding hydrogens is 376 g/mol. The maximum atomic E-state index is 11.2. The minimum absolute atomic E-state index is 0. The molecule has 1 heterocycles. The number of hydrogen-bond donors (Lipinski definition) is 2. The number of pyridine rings is 1. The number of primary amides is 1. The average molecular weight is 393 g/mol. The summed E-state index contributed by atoms with van der Waals surface area (Å²) in [6, 6.07) is 9.07. The van der Waals surface area contributed by atoms with Crippen molar-refractivity contribution < 1.29 is 31.3 Å². The highest BCUT2D eigenvalue weighted by Crippen LogP contribution is 2.17. The van der Waals surface area contributed by atoms with Gasteiger partial charge in [0.05, 0.1) is 10.6 Å². The van der Waals surface area contributed by atoms with Crippen LogP contribution in [0.2, 0.25) is 0 Å². The Bertz CT molecular complexity index is 743. The molecule has 3 N–H and O–H groups in total. The SMILES string of the molecule is CC[n+]1ccc(/C(=C/c2ccc([N+](=O)[O-])cc2)NC(N)=O)cc1.[Br-]. The van der Waals surface area contributed by atoms with E-state index in [-0.39, 0.29) is 22.7 Å². The molecule has 0 unspecified atom stereocenters. The van der Waals surface area contributed by atoms with Gasteiger partial charge in [-0.1, -0.05) is 0 Å². The summed E-state index contributed by atoms with van der Waals surface area (Å²) in [7, 11) is 0. The van der Waals surface area contributed by atoms with Crippen LogP contribution in [-0.2, 0) is 6.54 Å². The summed E-state index contributed by atoms with van der Waals surface area (Å²) in [5.74, 6) is 0. The van der Waals surface area contributed by atoms with Crippen LogP contribution in [0.3, 0.4) is 0 Å². The van der Waals surface area contributed by atoms with E-state index in [1.165, 1.54) is 12.1 Å². The van der Waals surface area contributed by atoms with Crippen LogP contribution >= 0.6 is 0 Å². The first-order valence-electron chi connectivity index (χ1n) is 7.01. The van der Waals surface area contributed by atoms with Gasteiger partial charge in [-0.25, -0.2) is 9.36 Å². The molecular formula is C16H17BrN4O3. The van der Waals surface area contributed by atoms with Gasteiger partial charge in [-0.15, -0.1) is 0 Å². The van der Waals surface area contributed by atoms with Crippen molar-refractivity contribution in [1.82, 2.24) is 5.32 Å². The summed E-state index contributed by atoms with van der Waals surface area (Å²) in [6.45, 7) is 2.86. The molecule has 8 heteroatoms. The van der Waals surface area contributed by atoms with Crippen LogP contribution < -0.4 is 32.6 Å². The molecule has 2 amide bonds. The van der Waals surface area contributed by atoms with Gasteiger partial charge in [-0.05, 0) is 30.7 Å². The zero-order valence-corrected chi connectivity index (χ0v) is 14.6. The summed E-state index contributed by atoms with van der Waals surface area (Å²) < 4.78 is 1.98. The monoisotopic (exact) mass is 392 g/mol. The van der Waals surface area contributed by atoms with E-state index in [1.807, 2.05) is 36.0 Å². The Morgan fingerprint density at radius 1 is 1.25 bits per heavy atom. The number of nitro groups is 1. The van der Waals surface area contributed by atoms with Crippen molar-refractivity contribution in [2.24, 2.45) is 5.73 Å². The number of aryl methyl sites for hydroxylation is 1. The minimum atomic E-state index is -0.676. The quantitative estimate of drug-likeness (QED) is 0.390. The van der Waals surface area contributed by atoms with E-state index < -0.39 is 11.0 Å². The van der Waals surface area contributed by atoms with Gasteiger partial charge in [-0.3, -0.25) is 10.1 Å². The lowest BCUT2D eigenvalue weighted by molar-refractivity contribution is -0.693. The van der Waals surface area contributed by atoms with E-state index in [9.17, 15) is 14.9 Å². The number of benzene rings is 1. The van der Waals surface area contributed by atoms with Crippen LogP contribution in [-0.4, -0.2) is 11.0 Å². The maximum absolute atomic E-state index is 11.2. The number of nitrogens with two attached hydrogens (primary N) is 1. The molecule has 0 fully saturated rings. The smallest absolute Gasteiger partial charge is 0.316 e. The number of amides is 2. The van der Waals surface area contributed by atoms with Gasteiger partial charge in [0, 0.05) is 29.8 Å². The summed E-state index contributed by atoms with van der Waals surface area (Å²) in [5.41, 5.74) is 7.25. The van der Waals surface area contributed by atoms with Gasteiger partial charge in [0.15, 0.2) is 12.4 Å². The lowest BCUT2D eigenvalue weighted by Gasteiger charge is -2.08. The van der Waals surface area contributed by atoms with E-state index in [2.05, 4.69) is 5.32 Å². The van der Waals surface area contributed by atoms with Gasteiger partial charge in [0.25, 0.3) is 5.69 Å². The highest BCUT2D eigenvalue weighted by Gasteiger charge is 2.08. The first-order valence-corrected chi connectivity index (χ1v) is 7.01. The van der Waals surface area contributed by atoms with Crippen molar-refractivity contribution in [3.8, 4) is 0 Å². The Hall–Kier alpha value is -2.74. The second kappa shape index (κ2) is 8.78. The van der Waals surface area contributed by atoms with Crippen molar-refractivity contribution >= 4 is 23.5 Å². The van der Waals surface area contributed by atoms with Gasteiger partial charge in [-0.2, -0.15) is 0 Å². The van der Waals surface area contributed by atoms with E-state index in [0.29, 0.717) is 11.3 Å². The molecule has 1 aromatic carbocycles. The number of nitrogens with one attached hydrogen (secondary N) is 1. The molecule has 0 spiro atoms. The van der Waals surface area contributed by atoms with Gasteiger partial charge >= 0.3 is 6.03 Å². The highest BCUT2D eigenvalue weighted by molar-refractivity contribution is 5.90. The van der Waals surface area contributed by atoms with Crippen LogP contribution in [0.25, 0.3) is 11.8 Å². The number of hydrogen-bond acceptors (Lipinski definition) is 3. The van der Waals surface area contributed by atoms with Gasteiger partial charge < -0.3 is 28.0 Å². The summed E-state index contributed by atoms with van der Waals surface area (Å²) >= 11 is 0. The number of nitrogens with zero attached hydrogens (tertiary/aromatic N) is 2. The molecule has 0 atom stereocenters. The topological polar surface area (TPSA) is 102 Å². The molecule has 126 valence electrons. The Labute approximate surface area is 149 Å². The third-order valence-electron chi connectivity index (χ3n) is 3.24. The van der Waals surface area contributed by atoms with E-state index in [1.54, 1.807) is 18.2 Å². The number of rotatable bonds is 5. The molecule has 1 aromatic heterocycles. The van der Waals surface area contributed by atoms with Gasteiger partial charge in [0.2, 0.25) is 0 Å². The molecule has 0 saturated heterocycles. The van der Waals surface area contributed by atoms with Crippen LogP contribution in [0, 0.1) is 10.1 Å². The second-order valence-electron chi connectivity index (χ2n) is 4.81. The van der Waals surface area contributed by atoms with Crippen LogP contribution in [0.4, 0.5) is 10.5 Å². The fourth-order valence-corrected chi connectivity index (χ4v) is 2.03. The number of carbonyl (C=O) groups is 1. The summed E-state index contributed by atoms with van der Waals surface area (Å²) in [6.07, 6.45) is 5.49. The van der Waals surface area contributed by atoms with Crippen LogP contribution in [0.15, 0.2) is 48.8 Å². The fourth-order valence-electron chi connectivity index (χ4n) is 2.03. The molecule has 7 nitrogen and oxygen atoms in total. The number of nitro benzene ring substituents is 1. The van der Waals surface area contributed by atoms with Crippen molar-refractivity contribution in [3.63, 3.8) is 0 Å². The number of non-ortho nitro benzene ring substituents is 1. The van der Waals surface area contributed by atoms with E-state index in [0.717, 1.165) is 12.1 Å². The summed E-state index contributed by atoms with van der Waals surface area (Å²) in [4.78, 5) is 21.4. The van der Waals surface area contributed by atoms with Crippen molar-refractivity contribution in [1.29, 1.82) is 0 Å². The van der Waals surface area contributed by atoms with E-state index in [4.69, 9.17) is 5.73 Å². The van der Waals surface area contributed by atoms with Crippen LogP contribution in [0.5, 0.6) is 0 Å². The number of urea groups is 1. The lowest BCUT2D eigenvalue weighted by atomic mass is 10.1.